The van der Waals surface area contributed by atoms with E-state index in [2.05, 4.69) is 10.4 Å². The zero-order valence-electron chi connectivity index (χ0n) is 11.4. The topological polar surface area (TPSA) is 84.2 Å². The molecule has 0 fully saturated rings. The molecule has 1 amide bonds. The normalized spacial score (nSPS) is 10.9. The molecule has 0 saturated carbocycles. The number of carbonyl (C=O) groups excluding carboxylic acids is 1. The predicted octanol–water partition coefficient (Wildman–Crippen LogP) is 1.03. The molecule has 19 heavy (non-hydrogen) atoms. The molecule has 0 bridgehead atoms. The van der Waals surface area contributed by atoms with Crippen LogP contribution in [0.3, 0.4) is 0 Å². The predicted molar refractivity (Wildman–Crippen MR) is 71.6 cm³/mol. The van der Waals surface area contributed by atoms with Gasteiger partial charge >= 0.3 is 5.97 Å². The monoisotopic (exact) mass is 265 g/mol. The maximum atomic E-state index is 11.5. The van der Waals surface area contributed by atoms with Crippen molar-refractivity contribution in [3.63, 3.8) is 0 Å². The Kier molecular flexibility index (Phi) is 5.29. The van der Waals surface area contributed by atoms with Gasteiger partial charge in [-0.1, -0.05) is 0 Å². The maximum Gasteiger partial charge on any atom is 0.303 e. The molecule has 6 heteroatoms. The van der Waals surface area contributed by atoms with Crippen molar-refractivity contribution in [2.24, 2.45) is 7.05 Å². The summed E-state index contributed by atoms with van der Waals surface area (Å²) in [6.45, 7) is 4.18. The molecule has 0 aliphatic heterocycles. The van der Waals surface area contributed by atoms with Crippen molar-refractivity contribution in [2.45, 2.75) is 26.7 Å². The minimum atomic E-state index is -0.855. The van der Waals surface area contributed by atoms with Gasteiger partial charge in [0, 0.05) is 37.3 Å². The molecule has 0 aliphatic carbocycles. The van der Waals surface area contributed by atoms with E-state index in [1.54, 1.807) is 10.8 Å². The van der Waals surface area contributed by atoms with E-state index in [4.69, 9.17) is 5.11 Å². The fraction of sp³-hybridized carbons (Fsp3) is 0.462. The smallest absolute Gasteiger partial charge is 0.303 e. The Hall–Kier alpha value is -2.11. The molecule has 0 aromatic carbocycles. The lowest BCUT2D eigenvalue weighted by Crippen LogP contribution is -2.22. The number of carboxylic acids is 1. The van der Waals surface area contributed by atoms with Gasteiger partial charge in [-0.3, -0.25) is 14.3 Å². The SMILES string of the molecule is Cc1nn(C)c(C)c1/C=C/C(=O)NCCCC(=O)O. The van der Waals surface area contributed by atoms with Crippen LogP contribution in [0.4, 0.5) is 0 Å². The fourth-order valence-electron chi connectivity index (χ4n) is 1.70. The number of aromatic nitrogens is 2. The largest absolute Gasteiger partial charge is 0.481 e. The summed E-state index contributed by atoms with van der Waals surface area (Å²) >= 11 is 0. The van der Waals surface area contributed by atoms with Gasteiger partial charge in [-0.05, 0) is 26.3 Å². The third-order valence-corrected chi connectivity index (χ3v) is 2.83. The van der Waals surface area contributed by atoms with Gasteiger partial charge < -0.3 is 10.4 Å². The second-order valence-corrected chi connectivity index (χ2v) is 4.33. The minimum absolute atomic E-state index is 0.0603. The number of carboxylic acid groups (broad SMARTS) is 1. The summed E-state index contributed by atoms with van der Waals surface area (Å²) in [6, 6.07) is 0. The summed E-state index contributed by atoms with van der Waals surface area (Å²) in [4.78, 5) is 21.8. The lowest BCUT2D eigenvalue weighted by atomic mass is 10.2. The number of rotatable bonds is 6. The zero-order chi connectivity index (χ0) is 14.4. The minimum Gasteiger partial charge on any atom is -0.481 e. The van der Waals surface area contributed by atoms with Crippen molar-refractivity contribution in [3.8, 4) is 0 Å². The van der Waals surface area contributed by atoms with Gasteiger partial charge in [0.2, 0.25) is 5.91 Å². The Morgan fingerprint density at radius 2 is 2.11 bits per heavy atom. The molecule has 104 valence electrons. The van der Waals surface area contributed by atoms with E-state index in [0.717, 1.165) is 17.0 Å². The van der Waals surface area contributed by atoms with E-state index < -0.39 is 5.97 Å². The molecule has 0 saturated heterocycles. The molecule has 1 aromatic heterocycles. The molecule has 1 rings (SSSR count). The second kappa shape index (κ2) is 6.72. The maximum absolute atomic E-state index is 11.5. The van der Waals surface area contributed by atoms with Crippen molar-refractivity contribution < 1.29 is 14.7 Å². The van der Waals surface area contributed by atoms with E-state index in [0.29, 0.717) is 13.0 Å². The summed E-state index contributed by atoms with van der Waals surface area (Å²) in [5.41, 5.74) is 2.80. The number of hydrogen-bond donors (Lipinski definition) is 2. The lowest BCUT2D eigenvalue weighted by molar-refractivity contribution is -0.137. The van der Waals surface area contributed by atoms with E-state index in [-0.39, 0.29) is 12.3 Å². The standard InChI is InChI=1S/C13H19N3O3/c1-9-11(10(2)16(3)15-9)6-7-12(17)14-8-4-5-13(18)19/h6-7H,4-5,8H2,1-3H3,(H,14,17)(H,18,19)/b7-6+. The van der Waals surface area contributed by atoms with Crippen LogP contribution in [-0.4, -0.2) is 33.3 Å². The van der Waals surface area contributed by atoms with Gasteiger partial charge in [-0.2, -0.15) is 5.10 Å². The first kappa shape index (κ1) is 14.9. The van der Waals surface area contributed by atoms with Crippen molar-refractivity contribution in [2.75, 3.05) is 6.54 Å². The van der Waals surface area contributed by atoms with Crippen LogP contribution in [0, 0.1) is 13.8 Å². The Balaban J connectivity index is 2.48. The lowest BCUT2D eigenvalue weighted by Gasteiger charge is -2.00. The van der Waals surface area contributed by atoms with Crippen LogP contribution in [0.5, 0.6) is 0 Å². The van der Waals surface area contributed by atoms with Gasteiger partial charge in [0.15, 0.2) is 0 Å². The summed E-state index contributed by atoms with van der Waals surface area (Å²) in [7, 11) is 1.85. The van der Waals surface area contributed by atoms with Crippen molar-refractivity contribution in [1.29, 1.82) is 0 Å². The number of nitrogens with zero attached hydrogens (tertiary/aromatic N) is 2. The molecule has 0 atom stereocenters. The Labute approximate surface area is 112 Å². The number of hydrogen-bond acceptors (Lipinski definition) is 3. The van der Waals surface area contributed by atoms with E-state index in [1.807, 2.05) is 20.9 Å². The summed E-state index contributed by atoms with van der Waals surface area (Å²) in [5.74, 6) is -1.08. The highest BCUT2D eigenvalue weighted by Crippen LogP contribution is 2.13. The van der Waals surface area contributed by atoms with Crippen molar-refractivity contribution >= 4 is 18.0 Å². The van der Waals surface area contributed by atoms with Crippen molar-refractivity contribution in [3.05, 3.63) is 23.0 Å². The molecule has 0 unspecified atom stereocenters. The van der Waals surface area contributed by atoms with Crippen LogP contribution in [0.2, 0.25) is 0 Å². The van der Waals surface area contributed by atoms with E-state index in [9.17, 15) is 9.59 Å². The first-order valence-electron chi connectivity index (χ1n) is 6.09. The number of amides is 1. The fourth-order valence-corrected chi connectivity index (χ4v) is 1.70. The van der Waals surface area contributed by atoms with Crippen LogP contribution >= 0.6 is 0 Å². The number of aryl methyl sites for hydroxylation is 2. The zero-order valence-corrected chi connectivity index (χ0v) is 11.4. The van der Waals surface area contributed by atoms with Gasteiger partial charge in [0.25, 0.3) is 0 Å². The molecule has 1 heterocycles. The van der Waals surface area contributed by atoms with E-state index in [1.165, 1.54) is 6.08 Å². The molecule has 1 aromatic rings. The molecule has 0 spiro atoms. The van der Waals surface area contributed by atoms with Crippen LogP contribution in [-0.2, 0) is 16.6 Å². The van der Waals surface area contributed by atoms with Gasteiger partial charge in [-0.25, -0.2) is 0 Å². The molecule has 2 N–H and O–H groups in total. The van der Waals surface area contributed by atoms with Gasteiger partial charge in [0.05, 0.1) is 5.69 Å². The Morgan fingerprint density at radius 3 is 2.63 bits per heavy atom. The van der Waals surface area contributed by atoms with Crippen molar-refractivity contribution in [1.82, 2.24) is 15.1 Å². The van der Waals surface area contributed by atoms with Crippen LogP contribution in [0.1, 0.15) is 29.8 Å². The highest BCUT2D eigenvalue weighted by Gasteiger charge is 2.06. The summed E-state index contributed by atoms with van der Waals surface area (Å²) < 4.78 is 1.76. The average molecular weight is 265 g/mol. The Morgan fingerprint density at radius 1 is 1.42 bits per heavy atom. The first-order valence-corrected chi connectivity index (χ1v) is 6.09. The summed E-state index contributed by atoms with van der Waals surface area (Å²) in [6.07, 6.45) is 3.66. The van der Waals surface area contributed by atoms with Crippen LogP contribution in [0.15, 0.2) is 6.08 Å². The number of aliphatic carboxylic acids is 1. The Bertz CT molecular complexity index is 503. The van der Waals surface area contributed by atoms with Crippen LogP contribution < -0.4 is 5.32 Å². The average Bonchev–Trinajstić information content (AvgIpc) is 2.57. The van der Waals surface area contributed by atoms with E-state index >= 15 is 0 Å². The van der Waals surface area contributed by atoms with Gasteiger partial charge in [0.1, 0.15) is 0 Å². The molecule has 0 aliphatic rings. The first-order chi connectivity index (χ1) is 8.91. The number of nitrogens with one attached hydrogen (secondary N) is 1. The van der Waals surface area contributed by atoms with Gasteiger partial charge in [-0.15, -0.1) is 0 Å². The third kappa shape index (κ3) is 4.57. The highest BCUT2D eigenvalue weighted by molar-refractivity contribution is 5.92. The third-order valence-electron chi connectivity index (χ3n) is 2.83. The highest BCUT2D eigenvalue weighted by atomic mass is 16.4. The molecule has 0 radical (unpaired) electrons. The number of carbonyl (C=O) groups is 2. The summed E-state index contributed by atoms with van der Waals surface area (Å²) in [5, 5.41) is 15.3. The quantitative estimate of drug-likeness (QED) is 0.594. The molecular weight excluding hydrogens is 246 g/mol. The molecule has 6 nitrogen and oxygen atoms in total. The van der Waals surface area contributed by atoms with Crippen LogP contribution in [0.25, 0.3) is 6.08 Å². The second-order valence-electron chi connectivity index (χ2n) is 4.33. The molecular formula is C13H19N3O3.